The monoisotopic (exact) mass is 352 g/mol. The largest absolute Gasteiger partial charge is 0.348 e. The molecule has 0 saturated heterocycles. The Morgan fingerprint density at radius 3 is 3.04 bits per heavy atom. The van der Waals surface area contributed by atoms with Crippen LogP contribution in [-0.4, -0.2) is 32.3 Å². The minimum atomic E-state index is -0.154. The molecule has 1 aliphatic heterocycles. The zero-order valence-electron chi connectivity index (χ0n) is 13.9. The van der Waals surface area contributed by atoms with Gasteiger partial charge in [-0.1, -0.05) is 25.0 Å². The molecule has 2 aliphatic rings. The van der Waals surface area contributed by atoms with Crippen molar-refractivity contribution in [3.63, 3.8) is 0 Å². The second-order valence-corrected chi connectivity index (χ2v) is 8.07. The molecule has 1 N–H and O–H groups in total. The summed E-state index contributed by atoms with van der Waals surface area (Å²) in [6.07, 6.45) is 6.83. The van der Waals surface area contributed by atoms with E-state index in [0.717, 1.165) is 51.9 Å². The van der Waals surface area contributed by atoms with Crippen LogP contribution in [0.1, 0.15) is 48.1 Å². The van der Waals surface area contributed by atoms with E-state index >= 15 is 0 Å². The van der Waals surface area contributed by atoms with Crippen LogP contribution < -0.4 is 0 Å². The fourth-order valence-electron chi connectivity index (χ4n) is 3.68. The zero-order chi connectivity index (χ0) is 16.8. The zero-order valence-corrected chi connectivity index (χ0v) is 14.8. The number of amides is 1. The van der Waals surface area contributed by atoms with Crippen molar-refractivity contribution in [2.45, 2.75) is 38.1 Å². The van der Waals surface area contributed by atoms with Crippen molar-refractivity contribution in [3.05, 3.63) is 47.0 Å². The van der Waals surface area contributed by atoms with E-state index in [1.54, 1.807) is 17.7 Å². The number of imidazole rings is 1. The molecule has 3 aromatic rings. The highest BCUT2D eigenvalue weighted by molar-refractivity contribution is 7.18. The van der Waals surface area contributed by atoms with Crippen molar-refractivity contribution in [2.75, 3.05) is 6.54 Å². The maximum atomic E-state index is 12.9. The van der Waals surface area contributed by atoms with Crippen molar-refractivity contribution >= 4 is 27.5 Å². The van der Waals surface area contributed by atoms with Gasteiger partial charge in [0.25, 0.3) is 0 Å². The Bertz CT molecular complexity index is 893. The average Bonchev–Trinajstić information content (AvgIpc) is 3.17. The molecule has 1 atom stereocenters. The van der Waals surface area contributed by atoms with E-state index in [2.05, 4.69) is 16.0 Å². The third-order valence-corrected chi connectivity index (χ3v) is 6.34. The summed E-state index contributed by atoms with van der Waals surface area (Å²) in [5, 5.41) is 0.967. The van der Waals surface area contributed by atoms with E-state index < -0.39 is 0 Å². The molecule has 5 nitrogen and oxygen atoms in total. The molecule has 1 fully saturated rings. The Morgan fingerprint density at radius 2 is 2.20 bits per heavy atom. The van der Waals surface area contributed by atoms with Crippen LogP contribution in [0.15, 0.2) is 30.6 Å². The lowest BCUT2D eigenvalue weighted by atomic mass is 10.0. The maximum absolute atomic E-state index is 12.9. The number of nitrogens with zero attached hydrogens (tertiary/aromatic N) is 3. The van der Waals surface area contributed by atoms with E-state index in [0.29, 0.717) is 6.42 Å². The SMILES string of the molecule is O=C(CCC1CC1)N1CCc2[nH]cnc2[C@H]1c1nc2ccccc2s1. The van der Waals surface area contributed by atoms with Gasteiger partial charge in [-0.15, -0.1) is 11.3 Å². The summed E-state index contributed by atoms with van der Waals surface area (Å²) in [6, 6.07) is 8.00. The predicted octanol–water partition coefficient (Wildman–Crippen LogP) is 3.68. The Labute approximate surface area is 150 Å². The Hall–Kier alpha value is -2.21. The van der Waals surface area contributed by atoms with Gasteiger partial charge in [0, 0.05) is 25.1 Å². The molecule has 1 aromatic carbocycles. The number of aromatic amines is 1. The minimum Gasteiger partial charge on any atom is -0.348 e. The summed E-state index contributed by atoms with van der Waals surface area (Å²) < 4.78 is 1.16. The van der Waals surface area contributed by atoms with Crippen molar-refractivity contribution in [2.24, 2.45) is 5.92 Å². The van der Waals surface area contributed by atoms with Gasteiger partial charge in [-0.25, -0.2) is 9.97 Å². The number of para-hydroxylation sites is 1. The Kier molecular flexibility index (Phi) is 3.59. The van der Waals surface area contributed by atoms with Crippen molar-refractivity contribution < 1.29 is 4.79 Å². The number of hydrogen-bond donors (Lipinski definition) is 1. The van der Waals surface area contributed by atoms with Crippen LogP contribution in [0.3, 0.4) is 0 Å². The van der Waals surface area contributed by atoms with Gasteiger partial charge in [0.2, 0.25) is 5.91 Å². The van der Waals surface area contributed by atoms with Crippen molar-refractivity contribution in [3.8, 4) is 0 Å². The van der Waals surface area contributed by atoms with E-state index in [-0.39, 0.29) is 11.9 Å². The fraction of sp³-hybridized carbons (Fsp3) is 0.421. The second kappa shape index (κ2) is 5.95. The minimum absolute atomic E-state index is 0.154. The first-order valence-corrected chi connectivity index (χ1v) is 9.78. The highest BCUT2D eigenvalue weighted by Gasteiger charge is 2.36. The number of hydrogen-bond acceptors (Lipinski definition) is 4. The van der Waals surface area contributed by atoms with Gasteiger partial charge < -0.3 is 9.88 Å². The number of nitrogens with one attached hydrogen (secondary N) is 1. The van der Waals surface area contributed by atoms with Crippen LogP contribution in [0.25, 0.3) is 10.2 Å². The topological polar surface area (TPSA) is 61.9 Å². The molecule has 1 aliphatic carbocycles. The smallest absolute Gasteiger partial charge is 0.223 e. The van der Waals surface area contributed by atoms with Crippen LogP contribution in [-0.2, 0) is 11.2 Å². The molecule has 3 heterocycles. The van der Waals surface area contributed by atoms with Gasteiger partial charge in [0.05, 0.1) is 22.2 Å². The van der Waals surface area contributed by atoms with Gasteiger partial charge >= 0.3 is 0 Å². The molecule has 0 unspecified atom stereocenters. The first-order chi connectivity index (χ1) is 12.3. The number of carbonyl (C=O) groups excluding carboxylic acids is 1. The summed E-state index contributed by atoms with van der Waals surface area (Å²) >= 11 is 1.67. The van der Waals surface area contributed by atoms with Crippen molar-refractivity contribution in [1.29, 1.82) is 0 Å². The normalized spacial score (nSPS) is 20.0. The highest BCUT2D eigenvalue weighted by atomic mass is 32.1. The van der Waals surface area contributed by atoms with Crippen LogP contribution in [0, 0.1) is 5.92 Å². The number of thiazole rings is 1. The maximum Gasteiger partial charge on any atom is 0.223 e. The molecule has 128 valence electrons. The quantitative estimate of drug-likeness (QED) is 0.779. The molecular formula is C19H20N4OS. The first kappa shape index (κ1) is 15.1. The summed E-state index contributed by atoms with van der Waals surface area (Å²) in [5.74, 6) is 1.01. The van der Waals surface area contributed by atoms with Gasteiger partial charge in [0.1, 0.15) is 11.0 Å². The van der Waals surface area contributed by atoms with Gasteiger partial charge in [-0.3, -0.25) is 4.79 Å². The number of H-pyrrole nitrogens is 1. The third kappa shape index (κ3) is 2.74. The molecule has 1 saturated carbocycles. The highest BCUT2D eigenvalue weighted by Crippen LogP contribution is 2.39. The lowest BCUT2D eigenvalue weighted by Crippen LogP contribution is -2.40. The number of aromatic nitrogens is 3. The van der Waals surface area contributed by atoms with E-state index in [4.69, 9.17) is 4.98 Å². The Balaban J connectivity index is 1.52. The van der Waals surface area contributed by atoms with Crippen LogP contribution in [0.5, 0.6) is 0 Å². The summed E-state index contributed by atoms with van der Waals surface area (Å²) in [4.78, 5) is 27.5. The molecule has 0 radical (unpaired) electrons. The van der Waals surface area contributed by atoms with E-state index in [9.17, 15) is 4.79 Å². The van der Waals surface area contributed by atoms with Crippen molar-refractivity contribution in [1.82, 2.24) is 19.9 Å². The number of rotatable bonds is 4. The summed E-state index contributed by atoms with van der Waals surface area (Å²) in [5.41, 5.74) is 3.09. The molecule has 6 heteroatoms. The van der Waals surface area contributed by atoms with Gasteiger partial charge in [0.15, 0.2) is 0 Å². The Morgan fingerprint density at radius 1 is 1.32 bits per heavy atom. The van der Waals surface area contributed by atoms with Gasteiger partial charge in [-0.2, -0.15) is 0 Å². The molecule has 5 rings (SSSR count). The molecule has 25 heavy (non-hydrogen) atoms. The summed E-state index contributed by atoms with van der Waals surface area (Å²) in [6.45, 7) is 0.735. The predicted molar refractivity (Wildman–Crippen MR) is 97.4 cm³/mol. The molecule has 0 spiro atoms. The van der Waals surface area contributed by atoms with E-state index in [1.807, 2.05) is 23.1 Å². The van der Waals surface area contributed by atoms with Gasteiger partial charge in [-0.05, 0) is 24.5 Å². The lowest BCUT2D eigenvalue weighted by Gasteiger charge is -2.33. The summed E-state index contributed by atoms with van der Waals surface area (Å²) in [7, 11) is 0. The molecule has 0 bridgehead atoms. The van der Waals surface area contributed by atoms with Crippen LogP contribution >= 0.6 is 11.3 Å². The molecular weight excluding hydrogens is 332 g/mol. The van der Waals surface area contributed by atoms with Crippen LogP contribution in [0.4, 0.5) is 0 Å². The molecule has 1 amide bonds. The number of benzene rings is 1. The fourth-order valence-corrected chi connectivity index (χ4v) is 4.76. The lowest BCUT2D eigenvalue weighted by molar-refractivity contribution is -0.133. The first-order valence-electron chi connectivity index (χ1n) is 8.96. The van der Waals surface area contributed by atoms with Crippen LogP contribution in [0.2, 0.25) is 0 Å². The molecule has 2 aromatic heterocycles. The number of fused-ring (bicyclic) bond motifs is 2. The average molecular weight is 352 g/mol. The standard InChI is InChI=1S/C19H20N4OS/c24-16(8-7-12-5-6-12)23-10-9-14-17(21-11-20-14)18(23)19-22-13-3-1-2-4-15(13)25-19/h1-4,11-12,18H,5-10H2,(H,20,21)/t18-/m0/s1. The second-order valence-electron chi connectivity index (χ2n) is 7.01. The number of carbonyl (C=O) groups is 1. The third-order valence-electron chi connectivity index (χ3n) is 5.25. The van der Waals surface area contributed by atoms with E-state index in [1.165, 1.54) is 12.8 Å².